The van der Waals surface area contributed by atoms with Gasteiger partial charge in [0, 0.05) is 19.3 Å². The van der Waals surface area contributed by atoms with Gasteiger partial charge in [-0.05, 0) is 51.4 Å². The van der Waals surface area contributed by atoms with Crippen LogP contribution in [0.25, 0.3) is 0 Å². The fourth-order valence-electron chi connectivity index (χ4n) is 8.42. The molecule has 0 rings (SSSR count). The highest BCUT2D eigenvalue weighted by Crippen LogP contribution is 2.17. The van der Waals surface area contributed by atoms with E-state index in [2.05, 4.69) is 45.1 Å². The molecule has 0 saturated carbocycles. The van der Waals surface area contributed by atoms with Crippen molar-refractivity contribution in [3.63, 3.8) is 0 Å². The van der Waals surface area contributed by atoms with Gasteiger partial charge in [0.25, 0.3) is 0 Å². The molecule has 0 aliphatic heterocycles. The monoisotopic (exact) mass is 901 g/mol. The van der Waals surface area contributed by atoms with Crippen LogP contribution in [0.5, 0.6) is 0 Å². The SMILES string of the molecule is CCCCCC/C=C\C/C=C\CCCCCCCC(=O)OC(COC(=O)CCCCCCCCCCCC)COC(=O)CCCCCCCCCCCCCCCCCCCCCC. The van der Waals surface area contributed by atoms with Crippen molar-refractivity contribution in [2.75, 3.05) is 13.2 Å². The summed E-state index contributed by atoms with van der Waals surface area (Å²) in [5.41, 5.74) is 0. The van der Waals surface area contributed by atoms with E-state index in [-0.39, 0.29) is 31.1 Å². The van der Waals surface area contributed by atoms with Crippen LogP contribution in [0.15, 0.2) is 24.3 Å². The molecular formula is C58H108O6. The molecule has 0 radical (unpaired) electrons. The Morgan fingerprint density at radius 3 is 0.875 bits per heavy atom. The highest BCUT2D eigenvalue weighted by atomic mass is 16.6. The molecule has 0 aromatic carbocycles. The van der Waals surface area contributed by atoms with E-state index >= 15 is 0 Å². The summed E-state index contributed by atoms with van der Waals surface area (Å²) in [6.07, 6.45) is 61.7. The fourth-order valence-corrected chi connectivity index (χ4v) is 8.42. The summed E-state index contributed by atoms with van der Waals surface area (Å²) in [4.78, 5) is 38.0. The molecule has 0 amide bonds. The van der Waals surface area contributed by atoms with Crippen molar-refractivity contribution in [3.8, 4) is 0 Å². The Morgan fingerprint density at radius 2 is 0.562 bits per heavy atom. The summed E-state index contributed by atoms with van der Waals surface area (Å²) in [7, 11) is 0. The quantitative estimate of drug-likeness (QED) is 0.0262. The molecule has 0 heterocycles. The van der Waals surface area contributed by atoms with Gasteiger partial charge in [0.1, 0.15) is 13.2 Å². The third kappa shape index (κ3) is 50.9. The van der Waals surface area contributed by atoms with Crippen LogP contribution >= 0.6 is 0 Å². The van der Waals surface area contributed by atoms with Crippen LogP contribution in [0.3, 0.4) is 0 Å². The lowest BCUT2D eigenvalue weighted by Gasteiger charge is -2.18. The zero-order valence-corrected chi connectivity index (χ0v) is 43.1. The van der Waals surface area contributed by atoms with Crippen LogP contribution in [-0.2, 0) is 28.6 Å². The normalized spacial score (nSPS) is 12.1. The molecule has 1 unspecified atom stereocenters. The fraction of sp³-hybridized carbons (Fsp3) is 0.879. The number of hydrogen-bond acceptors (Lipinski definition) is 6. The third-order valence-electron chi connectivity index (χ3n) is 12.7. The standard InChI is InChI=1S/C58H108O6/c1-4-7-10-13-16-19-22-24-26-28-29-30-31-33-34-36-39-42-45-48-51-57(60)63-54-55(53-62-56(59)50-47-44-41-38-21-18-15-12-9-6-3)64-58(61)52-49-46-43-40-37-35-32-27-25-23-20-17-14-11-8-5-2/h20,23,27,32,55H,4-19,21-22,24-26,28-31,33-54H2,1-3H3/b23-20-,32-27-. The van der Waals surface area contributed by atoms with Gasteiger partial charge in [0.2, 0.25) is 0 Å². The van der Waals surface area contributed by atoms with E-state index in [0.29, 0.717) is 19.3 Å². The first-order valence-electron chi connectivity index (χ1n) is 28.3. The molecule has 0 aromatic rings. The van der Waals surface area contributed by atoms with Crippen molar-refractivity contribution in [1.82, 2.24) is 0 Å². The van der Waals surface area contributed by atoms with E-state index in [1.807, 2.05) is 0 Å². The molecule has 0 bridgehead atoms. The molecule has 0 fully saturated rings. The van der Waals surface area contributed by atoms with Gasteiger partial charge in [-0.3, -0.25) is 14.4 Å². The second kappa shape index (κ2) is 53.5. The van der Waals surface area contributed by atoms with Gasteiger partial charge >= 0.3 is 17.9 Å². The Bertz CT molecular complexity index is 1040. The van der Waals surface area contributed by atoms with E-state index in [0.717, 1.165) is 77.0 Å². The van der Waals surface area contributed by atoms with Crippen LogP contribution in [0.4, 0.5) is 0 Å². The average molecular weight is 901 g/mol. The molecule has 6 nitrogen and oxygen atoms in total. The lowest BCUT2D eigenvalue weighted by Crippen LogP contribution is -2.30. The first-order chi connectivity index (χ1) is 31.5. The van der Waals surface area contributed by atoms with Crippen molar-refractivity contribution < 1.29 is 28.6 Å². The molecule has 0 aliphatic carbocycles. The lowest BCUT2D eigenvalue weighted by molar-refractivity contribution is -0.167. The number of allylic oxidation sites excluding steroid dienone is 4. The van der Waals surface area contributed by atoms with Crippen molar-refractivity contribution in [1.29, 1.82) is 0 Å². The van der Waals surface area contributed by atoms with Gasteiger partial charge in [-0.15, -0.1) is 0 Å². The largest absolute Gasteiger partial charge is 0.462 e. The molecule has 64 heavy (non-hydrogen) atoms. The van der Waals surface area contributed by atoms with E-state index in [1.165, 1.54) is 193 Å². The number of rotatable bonds is 52. The van der Waals surface area contributed by atoms with Gasteiger partial charge < -0.3 is 14.2 Å². The zero-order chi connectivity index (χ0) is 46.5. The Labute approximate surface area is 398 Å². The summed E-state index contributed by atoms with van der Waals surface area (Å²) in [6, 6.07) is 0. The molecule has 376 valence electrons. The topological polar surface area (TPSA) is 78.9 Å². The number of esters is 3. The first-order valence-corrected chi connectivity index (χ1v) is 28.3. The zero-order valence-electron chi connectivity index (χ0n) is 43.1. The van der Waals surface area contributed by atoms with Gasteiger partial charge in [0.05, 0.1) is 0 Å². The van der Waals surface area contributed by atoms with Gasteiger partial charge in [0.15, 0.2) is 6.10 Å². The Morgan fingerprint density at radius 1 is 0.312 bits per heavy atom. The molecule has 0 saturated heterocycles. The van der Waals surface area contributed by atoms with Crippen molar-refractivity contribution in [2.24, 2.45) is 0 Å². The number of carbonyl (C=O) groups is 3. The van der Waals surface area contributed by atoms with E-state index in [9.17, 15) is 14.4 Å². The highest BCUT2D eigenvalue weighted by Gasteiger charge is 2.19. The van der Waals surface area contributed by atoms with E-state index in [1.54, 1.807) is 0 Å². The van der Waals surface area contributed by atoms with E-state index < -0.39 is 6.10 Å². The van der Waals surface area contributed by atoms with Crippen molar-refractivity contribution >= 4 is 17.9 Å². The Kier molecular flexibility index (Phi) is 51.7. The predicted octanol–water partition coefficient (Wildman–Crippen LogP) is 18.7. The smallest absolute Gasteiger partial charge is 0.306 e. The third-order valence-corrected chi connectivity index (χ3v) is 12.7. The first kappa shape index (κ1) is 61.9. The molecule has 0 N–H and O–H groups in total. The molecular weight excluding hydrogens is 793 g/mol. The second-order valence-electron chi connectivity index (χ2n) is 19.2. The minimum absolute atomic E-state index is 0.0719. The molecule has 6 heteroatoms. The van der Waals surface area contributed by atoms with Gasteiger partial charge in [-0.2, -0.15) is 0 Å². The van der Waals surface area contributed by atoms with E-state index in [4.69, 9.17) is 14.2 Å². The maximum Gasteiger partial charge on any atom is 0.306 e. The molecule has 0 spiro atoms. The highest BCUT2D eigenvalue weighted by molar-refractivity contribution is 5.71. The maximum atomic E-state index is 12.8. The van der Waals surface area contributed by atoms with Crippen molar-refractivity contribution in [2.45, 2.75) is 316 Å². The van der Waals surface area contributed by atoms with Crippen LogP contribution < -0.4 is 0 Å². The van der Waals surface area contributed by atoms with Crippen LogP contribution in [0, 0.1) is 0 Å². The summed E-state index contributed by atoms with van der Waals surface area (Å²) >= 11 is 0. The molecule has 0 aromatic heterocycles. The van der Waals surface area contributed by atoms with Gasteiger partial charge in [-0.1, -0.05) is 263 Å². The predicted molar refractivity (Wildman–Crippen MR) is 275 cm³/mol. The Balaban J connectivity index is 4.26. The number of carbonyl (C=O) groups excluding carboxylic acids is 3. The summed E-state index contributed by atoms with van der Waals surface area (Å²) < 4.78 is 16.8. The molecule has 1 atom stereocenters. The van der Waals surface area contributed by atoms with Gasteiger partial charge in [-0.25, -0.2) is 0 Å². The van der Waals surface area contributed by atoms with Crippen LogP contribution in [0.2, 0.25) is 0 Å². The Hall–Kier alpha value is -2.11. The number of hydrogen-bond donors (Lipinski definition) is 0. The minimum atomic E-state index is -0.772. The summed E-state index contributed by atoms with van der Waals surface area (Å²) in [5, 5.41) is 0. The lowest BCUT2D eigenvalue weighted by atomic mass is 10.0. The second-order valence-corrected chi connectivity index (χ2v) is 19.2. The van der Waals surface area contributed by atoms with Crippen LogP contribution in [-0.4, -0.2) is 37.2 Å². The summed E-state index contributed by atoms with van der Waals surface area (Å²) in [5.74, 6) is -0.869. The molecule has 0 aliphatic rings. The average Bonchev–Trinajstić information content (AvgIpc) is 3.29. The van der Waals surface area contributed by atoms with Crippen LogP contribution in [0.1, 0.15) is 310 Å². The summed E-state index contributed by atoms with van der Waals surface area (Å²) in [6.45, 7) is 6.64. The maximum absolute atomic E-state index is 12.8. The van der Waals surface area contributed by atoms with Crippen molar-refractivity contribution in [3.05, 3.63) is 24.3 Å². The minimum Gasteiger partial charge on any atom is -0.462 e. The number of ether oxygens (including phenoxy) is 3. The number of unbranched alkanes of at least 4 members (excludes halogenated alkanes) is 37.